The highest BCUT2D eigenvalue weighted by molar-refractivity contribution is 9.10. The zero-order chi connectivity index (χ0) is 10.7. The summed E-state index contributed by atoms with van der Waals surface area (Å²) in [5, 5.41) is 10.1. The van der Waals surface area contributed by atoms with Gasteiger partial charge in [-0.3, -0.25) is 0 Å². The first-order valence-electron chi connectivity index (χ1n) is 5.71. The van der Waals surface area contributed by atoms with Gasteiger partial charge in [0.25, 0.3) is 0 Å². The Morgan fingerprint density at radius 3 is 2.73 bits per heavy atom. The maximum Gasteiger partial charge on any atom is 0.0608 e. The fraction of sp³-hybridized carbons (Fsp3) is 0.538. The quantitative estimate of drug-likeness (QED) is 0.767. The van der Waals surface area contributed by atoms with Crippen molar-refractivity contribution in [2.24, 2.45) is 0 Å². The van der Waals surface area contributed by atoms with E-state index in [4.69, 9.17) is 0 Å². The number of halogens is 1. The van der Waals surface area contributed by atoms with Crippen LogP contribution in [0.15, 0.2) is 28.7 Å². The second-order valence-electron chi connectivity index (χ2n) is 4.37. The summed E-state index contributed by atoms with van der Waals surface area (Å²) in [7, 11) is 0. The van der Waals surface area contributed by atoms with E-state index in [9.17, 15) is 5.11 Å². The molecule has 0 saturated heterocycles. The van der Waals surface area contributed by atoms with E-state index < -0.39 is 0 Å². The summed E-state index contributed by atoms with van der Waals surface area (Å²) < 4.78 is 1.11. The van der Waals surface area contributed by atoms with E-state index in [-0.39, 0.29) is 6.10 Å². The number of hydrogen-bond donors (Lipinski definition) is 1. The predicted molar refractivity (Wildman–Crippen MR) is 66.0 cm³/mol. The summed E-state index contributed by atoms with van der Waals surface area (Å²) in [5.41, 5.74) is 1.28. The monoisotopic (exact) mass is 268 g/mol. The Balaban J connectivity index is 2.20. The zero-order valence-corrected chi connectivity index (χ0v) is 10.4. The van der Waals surface area contributed by atoms with E-state index >= 15 is 0 Å². The van der Waals surface area contributed by atoms with Crippen LogP contribution in [0.4, 0.5) is 0 Å². The molecule has 82 valence electrons. The fourth-order valence-corrected chi connectivity index (χ4v) is 2.83. The van der Waals surface area contributed by atoms with Gasteiger partial charge in [0, 0.05) is 10.4 Å². The first-order valence-corrected chi connectivity index (χ1v) is 6.50. The molecular formula is C13H17BrO. The van der Waals surface area contributed by atoms with Crippen molar-refractivity contribution in [2.75, 3.05) is 0 Å². The lowest BCUT2D eigenvalue weighted by Gasteiger charge is -2.20. The lowest BCUT2D eigenvalue weighted by Crippen LogP contribution is -2.16. The Morgan fingerprint density at radius 1 is 1.13 bits per heavy atom. The molecule has 0 aliphatic heterocycles. The van der Waals surface area contributed by atoms with Gasteiger partial charge in [0.1, 0.15) is 0 Å². The van der Waals surface area contributed by atoms with Crippen molar-refractivity contribution in [1.82, 2.24) is 0 Å². The average molecular weight is 269 g/mol. The topological polar surface area (TPSA) is 20.2 Å². The van der Waals surface area contributed by atoms with Crippen LogP contribution in [0.25, 0.3) is 0 Å². The number of hydrogen-bond acceptors (Lipinski definition) is 1. The van der Waals surface area contributed by atoms with Crippen LogP contribution in [0.1, 0.15) is 43.6 Å². The van der Waals surface area contributed by atoms with Crippen molar-refractivity contribution in [3.63, 3.8) is 0 Å². The van der Waals surface area contributed by atoms with Crippen LogP contribution < -0.4 is 0 Å². The highest BCUT2D eigenvalue weighted by Crippen LogP contribution is 2.32. The van der Waals surface area contributed by atoms with Gasteiger partial charge in [-0.05, 0) is 30.5 Å². The molecule has 1 aromatic rings. The van der Waals surface area contributed by atoms with Crippen LogP contribution in [0, 0.1) is 0 Å². The highest BCUT2D eigenvalue weighted by Gasteiger charge is 2.22. The molecule has 1 aromatic carbocycles. The van der Waals surface area contributed by atoms with Gasteiger partial charge in [-0.15, -0.1) is 0 Å². The molecule has 0 spiro atoms. The number of rotatable bonds is 1. The van der Waals surface area contributed by atoms with Gasteiger partial charge in [-0.1, -0.05) is 47.3 Å². The van der Waals surface area contributed by atoms with E-state index in [0.29, 0.717) is 5.92 Å². The molecular weight excluding hydrogens is 252 g/mol. The van der Waals surface area contributed by atoms with E-state index in [2.05, 4.69) is 34.1 Å². The summed E-state index contributed by atoms with van der Waals surface area (Å²) in [6, 6.07) is 8.35. The number of benzene rings is 1. The highest BCUT2D eigenvalue weighted by atomic mass is 79.9. The second kappa shape index (κ2) is 5.13. The molecule has 2 unspecified atom stereocenters. The van der Waals surface area contributed by atoms with Crippen molar-refractivity contribution in [1.29, 1.82) is 0 Å². The molecule has 0 amide bonds. The van der Waals surface area contributed by atoms with E-state index in [1.807, 2.05) is 6.07 Å². The number of aliphatic hydroxyl groups excluding tert-OH is 1. The molecule has 2 heteroatoms. The van der Waals surface area contributed by atoms with Crippen molar-refractivity contribution in [3.8, 4) is 0 Å². The Morgan fingerprint density at radius 2 is 1.93 bits per heavy atom. The van der Waals surface area contributed by atoms with Crippen molar-refractivity contribution in [2.45, 2.75) is 44.1 Å². The molecule has 1 aliphatic carbocycles. The molecule has 0 aromatic heterocycles. The molecule has 1 saturated carbocycles. The Labute approximate surface area is 99.6 Å². The molecule has 0 heterocycles. The summed E-state index contributed by atoms with van der Waals surface area (Å²) >= 11 is 3.49. The Hall–Kier alpha value is -0.340. The fourth-order valence-electron chi connectivity index (χ4n) is 2.41. The lowest BCUT2D eigenvalue weighted by molar-refractivity contribution is 0.135. The van der Waals surface area contributed by atoms with Crippen LogP contribution >= 0.6 is 15.9 Å². The molecule has 15 heavy (non-hydrogen) atoms. The first-order chi connectivity index (χ1) is 7.27. The standard InChI is InChI=1S/C13H17BrO/c14-11-6-4-5-10(9-11)12-7-2-1-3-8-13(12)15/h4-6,9,12-13,15H,1-3,7-8H2. The van der Waals surface area contributed by atoms with Gasteiger partial charge in [0.15, 0.2) is 0 Å². The van der Waals surface area contributed by atoms with Crippen molar-refractivity contribution >= 4 is 15.9 Å². The van der Waals surface area contributed by atoms with Gasteiger partial charge in [-0.2, -0.15) is 0 Å². The largest absolute Gasteiger partial charge is 0.392 e. The van der Waals surface area contributed by atoms with Crippen molar-refractivity contribution in [3.05, 3.63) is 34.3 Å². The van der Waals surface area contributed by atoms with E-state index in [0.717, 1.165) is 17.3 Å². The van der Waals surface area contributed by atoms with Gasteiger partial charge in [0.2, 0.25) is 0 Å². The molecule has 1 aliphatic rings. The summed E-state index contributed by atoms with van der Waals surface area (Å²) in [6.45, 7) is 0. The molecule has 2 atom stereocenters. The maximum atomic E-state index is 10.1. The second-order valence-corrected chi connectivity index (χ2v) is 5.28. The Kier molecular flexibility index (Phi) is 3.81. The zero-order valence-electron chi connectivity index (χ0n) is 8.82. The molecule has 2 rings (SSSR count). The van der Waals surface area contributed by atoms with Gasteiger partial charge >= 0.3 is 0 Å². The van der Waals surface area contributed by atoms with Crippen LogP contribution in [-0.4, -0.2) is 11.2 Å². The smallest absolute Gasteiger partial charge is 0.0608 e. The summed E-state index contributed by atoms with van der Waals surface area (Å²) in [6.07, 6.45) is 5.61. The summed E-state index contributed by atoms with van der Waals surface area (Å²) in [4.78, 5) is 0. The maximum absolute atomic E-state index is 10.1. The molecule has 1 nitrogen and oxygen atoms in total. The third-order valence-corrected chi connectivity index (χ3v) is 3.75. The molecule has 1 N–H and O–H groups in total. The molecule has 0 radical (unpaired) electrons. The minimum atomic E-state index is -0.151. The van der Waals surface area contributed by atoms with E-state index in [1.165, 1.54) is 24.8 Å². The van der Waals surface area contributed by atoms with E-state index in [1.54, 1.807) is 0 Å². The summed E-state index contributed by atoms with van der Waals surface area (Å²) in [5.74, 6) is 0.338. The Bertz CT molecular complexity index is 324. The molecule has 0 bridgehead atoms. The first kappa shape index (κ1) is 11.2. The van der Waals surface area contributed by atoms with Crippen molar-refractivity contribution < 1.29 is 5.11 Å². The van der Waals surface area contributed by atoms with Crippen LogP contribution in [-0.2, 0) is 0 Å². The minimum Gasteiger partial charge on any atom is -0.392 e. The van der Waals surface area contributed by atoms with Gasteiger partial charge < -0.3 is 5.11 Å². The molecule has 1 fully saturated rings. The SMILES string of the molecule is OC1CCCCCC1c1cccc(Br)c1. The van der Waals surface area contributed by atoms with Gasteiger partial charge in [0.05, 0.1) is 6.10 Å². The number of aliphatic hydroxyl groups is 1. The normalized spacial score (nSPS) is 27.3. The van der Waals surface area contributed by atoms with Crippen LogP contribution in [0.3, 0.4) is 0 Å². The minimum absolute atomic E-state index is 0.151. The van der Waals surface area contributed by atoms with Crippen LogP contribution in [0.5, 0.6) is 0 Å². The predicted octanol–water partition coefficient (Wildman–Crippen LogP) is 3.86. The third kappa shape index (κ3) is 2.82. The third-order valence-electron chi connectivity index (χ3n) is 3.26. The van der Waals surface area contributed by atoms with Gasteiger partial charge in [-0.25, -0.2) is 0 Å². The van der Waals surface area contributed by atoms with Crippen LogP contribution in [0.2, 0.25) is 0 Å². The lowest BCUT2D eigenvalue weighted by atomic mass is 9.90. The average Bonchev–Trinajstić information content (AvgIpc) is 2.43.